The van der Waals surface area contributed by atoms with Gasteiger partial charge in [0.1, 0.15) is 5.15 Å². The van der Waals surface area contributed by atoms with E-state index in [4.69, 9.17) is 20.9 Å². The van der Waals surface area contributed by atoms with Crippen molar-refractivity contribution < 1.29 is 14.1 Å². The largest absolute Gasteiger partial charge is 0.492 e. The summed E-state index contributed by atoms with van der Waals surface area (Å²) in [6, 6.07) is 1.89. The van der Waals surface area contributed by atoms with E-state index in [0.717, 1.165) is 16.6 Å². The lowest BCUT2D eigenvalue weighted by atomic mass is 9.76. The topological polar surface area (TPSA) is 60.5 Å². The van der Waals surface area contributed by atoms with Crippen molar-refractivity contribution in [2.24, 2.45) is 0 Å². The number of rotatable bonds is 4. The Hall–Kier alpha value is -1.37. The number of carbonyl (C=O) groups is 1. The lowest BCUT2D eigenvalue weighted by Crippen LogP contribution is -2.41. The minimum Gasteiger partial charge on any atom is -0.400 e. The van der Waals surface area contributed by atoms with Gasteiger partial charge in [0, 0.05) is 25.2 Å². The summed E-state index contributed by atoms with van der Waals surface area (Å²) in [5.74, 6) is -0.119. The second-order valence-corrected chi connectivity index (χ2v) is 7.41. The highest BCUT2D eigenvalue weighted by atomic mass is 35.5. The molecule has 2 rings (SSSR count). The van der Waals surface area contributed by atoms with Crippen LogP contribution in [0, 0.1) is 6.92 Å². The van der Waals surface area contributed by atoms with Crippen LogP contribution in [0.15, 0.2) is 17.7 Å². The SMILES string of the molecule is CC(=O)NCC(=Cc1c(C)ccnc1Cl)B1OC(C)(C)C(C)(C)O1. The number of hydrogen-bond donors (Lipinski definition) is 1. The van der Waals surface area contributed by atoms with Gasteiger partial charge < -0.3 is 14.6 Å². The summed E-state index contributed by atoms with van der Waals surface area (Å²) >= 11 is 6.23. The van der Waals surface area contributed by atoms with Gasteiger partial charge in [-0.3, -0.25) is 4.79 Å². The maximum absolute atomic E-state index is 11.3. The predicted octanol–water partition coefficient (Wildman–Crippen LogP) is 3.19. The van der Waals surface area contributed by atoms with Crippen molar-refractivity contribution in [2.75, 3.05) is 6.54 Å². The molecule has 1 saturated heterocycles. The Labute approximate surface area is 148 Å². The van der Waals surface area contributed by atoms with Crippen molar-refractivity contribution >= 4 is 30.7 Å². The number of halogens is 1. The molecule has 0 unspecified atom stereocenters. The number of nitrogens with zero attached hydrogens (tertiary/aromatic N) is 1. The molecule has 1 aliphatic heterocycles. The maximum atomic E-state index is 11.3. The monoisotopic (exact) mass is 350 g/mol. The molecule has 0 aromatic carbocycles. The zero-order chi connectivity index (χ0) is 18.1. The fourth-order valence-corrected chi connectivity index (χ4v) is 2.58. The van der Waals surface area contributed by atoms with E-state index in [1.165, 1.54) is 6.92 Å². The van der Waals surface area contributed by atoms with Crippen LogP contribution in [-0.4, -0.2) is 35.8 Å². The fraction of sp³-hybridized carbons (Fsp3) is 0.529. The quantitative estimate of drug-likeness (QED) is 0.669. The van der Waals surface area contributed by atoms with E-state index in [2.05, 4.69) is 10.3 Å². The third-order valence-electron chi connectivity index (χ3n) is 4.59. The highest BCUT2D eigenvalue weighted by Gasteiger charge is 2.52. The zero-order valence-electron chi connectivity index (χ0n) is 15.1. The van der Waals surface area contributed by atoms with Gasteiger partial charge in [0.05, 0.1) is 11.2 Å². The molecule has 5 nitrogen and oxygen atoms in total. The molecule has 0 spiro atoms. The molecule has 7 heteroatoms. The first-order valence-corrected chi connectivity index (χ1v) is 8.33. The van der Waals surface area contributed by atoms with Crippen molar-refractivity contribution in [3.05, 3.63) is 34.0 Å². The van der Waals surface area contributed by atoms with E-state index >= 15 is 0 Å². The van der Waals surface area contributed by atoms with Gasteiger partial charge in [0.15, 0.2) is 0 Å². The Morgan fingerprint density at radius 3 is 2.42 bits per heavy atom. The number of aryl methyl sites for hydroxylation is 1. The first-order valence-electron chi connectivity index (χ1n) is 7.95. The van der Waals surface area contributed by atoms with Gasteiger partial charge in [-0.15, -0.1) is 0 Å². The van der Waals surface area contributed by atoms with E-state index in [-0.39, 0.29) is 5.91 Å². The summed E-state index contributed by atoms with van der Waals surface area (Å²) in [4.78, 5) is 15.5. The Morgan fingerprint density at radius 2 is 1.92 bits per heavy atom. The number of amides is 1. The number of nitrogens with one attached hydrogen (secondary N) is 1. The smallest absolute Gasteiger partial charge is 0.400 e. The third-order valence-corrected chi connectivity index (χ3v) is 4.89. The van der Waals surface area contributed by atoms with E-state index in [9.17, 15) is 4.79 Å². The van der Waals surface area contributed by atoms with Crippen LogP contribution >= 0.6 is 11.6 Å². The molecule has 1 fully saturated rings. The summed E-state index contributed by atoms with van der Waals surface area (Å²) in [5.41, 5.74) is 1.67. The van der Waals surface area contributed by atoms with Crippen molar-refractivity contribution in [1.82, 2.24) is 10.3 Å². The summed E-state index contributed by atoms with van der Waals surface area (Å²) in [6.45, 7) is 11.7. The number of hydrogen-bond acceptors (Lipinski definition) is 4. The van der Waals surface area contributed by atoms with Crippen molar-refractivity contribution in [3.8, 4) is 0 Å². The van der Waals surface area contributed by atoms with Gasteiger partial charge in [-0.2, -0.15) is 0 Å². The van der Waals surface area contributed by atoms with E-state index in [1.54, 1.807) is 6.20 Å². The fourth-order valence-electron chi connectivity index (χ4n) is 2.32. The number of carbonyl (C=O) groups excluding carboxylic acids is 1. The summed E-state index contributed by atoms with van der Waals surface area (Å²) in [7, 11) is -0.558. The summed E-state index contributed by atoms with van der Waals surface area (Å²) in [6.07, 6.45) is 3.56. The van der Waals surface area contributed by atoms with Crippen LogP contribution < -0.4 is 5.32 Å². The van der Waals surface area contributed by atoms with Crippen LogP contribution in [0.5, 0.6) is 0 Å². The van der Waals surface area contributed by atoms with Gasteiger partial charge in [0.2, 0.25) is 5.91 Å². The van der Waals surface area contributed by atoms with Gasteiger partial charge in [-0.05, 0) is 51.7 Å². The first kappa shape index (κ1) is 19.0. The lowest BCUT2D eigenvalue weighted by molar-refractivity contribution is -0.118. The summed E-state index contributed by atoms with van der Waals surface area (Å²) < 4.78 is 12.2. The van der Waals surface area contributed by atoms with Crippen LogP contribution in [0.4, 0.5) is 0 Å². The van der Waals surface area contributed by atoms with Gasteiger partial charge >= 0.3 is 7.12 Å². The molecule has 1 aliphatic rings. The first-order chi connectivity index (χ1) is 11.0. The van der Waals surface area contributed by atoms with Gasteiger partial charge in [0.25, 0.3) is 0 Å². The standard InChI is InChI=1S/C17H24BClN2O3/c1-11-7-8-20-15(19)14(11)9-13(10-21-12(2)22)18-23-16(3,4)17(5,6)24-18/h7-9H,10H2,1-6H3,(H,21,22). The van der Waals surface area contributed by atoms with Crippen molar-refractivity contribution in [1.29, 1.82) is 0 Å². The van der Waals surface area contributed by atoms with Crippen LogP contribution in [0.3, 0.4) is 0 Å². The lowest BCUT2D eigenvalue weighted by Gasteiger charge is -2.32. The van der Waals surface area contributed by atoms with Gasteiger partial charge in [-0.25, -0.2) is 4.98 Å². The van der Waals surface area contributed by atoms with E-state index in [0.29, 0.717) is 11.7 Å². The molecule has 0 radical (unpaired) electrons. The second-order valence-electron chi connectivity index (χ2n) is 7.05. The highest BCUT2D eigenvalue weighted by Crippen LogP contribution is 2.39. The molecule has 0 saturated carbocycles. The number of aromatic nitrogens is 1. The molecule has 2 heterocycles. The molecule has 130 valence electrons. The summed E-state index contributed by atoms with van der Waals surface area (Å²) in [5, 5.41) is 3.21. The molecule has 1 aromatic heterocycles. The van der Waals surface area contributed by atoms with Crippen LogP contribution in [0.2, 0.25) is 5.15 Å². The molecule has 1 N–H and O–H groups in total. The predicted molar refractivity (Wildman–Crippen MR) is 96.7 cm³/mol. The Balaban J connectivity index is 2.39. The minimum absolute atomic E-state index is 0.119. The number of pyridine rings is 1. The molecule has 1 amide bonds. The van der Waals surface area contributed by atoms with E-state index < -0.39 is 18.3 Å². The third kappa shape index (κ3) is 3.99. The molecule has 0 bridgehead atoms. The van der Waals surface area contributed by atoms with Crippen molar-refractivity contribution in [3.63, 3.8) is 0 Å². The van der Waals surface area contributed by atoms with Crippen LogP contribution in [-0.2, 0) is 14.1 Å². The van der Waals surface area contributed by atoms with Crippen LogP contribution in [0.1, 0.15) is 45.7 Å². The molecule has 1 aromatic rings. The molecular weight excluding hydrogens is 326 g/mol. The molecular formula is C17H24BClN2O3. The van der Waals surface area contributed by atoms with Crippen molar-refractivity contribution in [2.45, 2.75) is 52.7 Å². The normalized spacial score (nSPS) is 19.5. The Morgan fingerprint density at radius 1 is 1.33 bits per heavy atom. The Kier molecular flexibility index (Phi) is 5.42. The van der Waals surface area contributed by atoms with E-state index in [1.807, 2.05) is 46.8 Å². The second kappa shape index (κ2) is 6.86. The Bertz CT molecular complexity index is 638. The van der Waals surface area contributed by atoms with Crippen LogP contribution in [0.25, 0.3) is 6.08 Å². The maximum Gasteiger partial charge on any atom is 0.492 e. The average molecular weight is 351 g/mol. The average Bonchev–Trinajstić information content (AvgIpc) is 2.65. The minimum atomic E-state index is -0.558. The highest BCUT2D eigenvalue weighted by molar-refractivity contribution is 6.56. The van der Waals surface area contributed by atoms with Gasteiger partial charge in [-0.1, -0.05) is 17.7 Å². The molecule has 0 atom stereocenters. The molecule has 0 aliphatic carbocycles. The zero-order valence-corrected chi connectivity index (χ0v) is 15.8. The molecule has 24 heavy (non-hydrogen) atoms.